The van der Waals surface area contributed by atoms with Crippen LogP contribution in [0.5, 0.6) is 0 Å². The van der Waals surface area contributed by atoms with Gasteiger partial charge in [-0.15, -0.1) is 35.3 Å². The summed E-state index contributed by atoms with van der Waals surface area (Å²) in [6, 6.07) is 0. The molecule has 6 rings (SSSR count). The van der Waals surface area contributed by atoms with E-state index in [-0.39, 0.29) is 24.4 Å². The molecule has 6 fully saturated rings. The molecule has 0 radical (unpaired) electrons. The predicted molar refractivity (Wildman–Crippen MR) is 118 cm³/mol. The Hall–Kier alpha value is 0.850. The summed E-state index contributed by atoms with van der Waals surface area (Å²) >= 11 is 6.37. The van der Waals surface area contributed by atoms with Crippen molar-refractivity contribution in [1.82, 2.24) is 0 Å². The summed E-state index contributed by atoms with van der Waals surface area (Å²) in [5.74, 6) is 0.618. The van der Waals surface area contributed by atoms with Gasteiger partial charge in [-0.25, -0.2) is 0 Å². The van der Waals surface area contributed by atoms with Gasteiger partial charge in [0.25, 0.3) is 0 Å². The number of ether oxygens (including phenoxy) is 5. The lowest BCUT2D eigenvalue weighted by Gasteiger charge is -2.36. The molecule has 29 heavy (non-hydrogen) atoms. The van der Waals surface area contributed by atoms with Gasteiger partial charge < -0.3 is 23.7 Å². The zero-order valence-corrected chi connectivity index (χ0v) is 19.6. The normalized spacial score (nSPS) is 57.3. The second-order valence-corrected chi connectivity index (χ2v) is 13.6. The first-order chi connectivity index (χ1) is 14.2. The van der Waals surface area contributed by atoms with Crippen molar-refractivity contribution in [3.05, 3.63) is 0 Å². The van der Waals surface area contributed by atoms with Crippen LogP contribution in [0.3, 0.4) is 0 Å². The minimum absolute atomic E-state index is 0.211. The van der Waals surface area contributed by atoms with Gasteiger partial charge in [0.2, 0.25) is 0 Å². The van der Waals surface area contributed by atoms with Crippen molar-refractivity contribution in [3.63, 3.8) is 0 Å². The Morgan fingerprint density at radius 2 is 1.00 bits per heavy atom. The van der Waals surface area contributed by atoms with Crippen LogP contribution in [0.2, 0.25) is 0 Å². The molecule has 164 valence electrons. The highest BCUT2D eigenvalue weighted by Crippen LogP contribution is 2.57. The van der Waals surface area contributed by atoms with Gasteiger partial charge in [0.05, 0.1) is 56.9 Å². The molecule has 12 unspecified atom stereocenters. The molecule has 0 aliphatic carbocycles. The van der Waals surface area contributed by atoms with Gasteiger partial charge in [0, 0.05) is 38.1 Å². The highest BCUT2D eigenvalue weighted by Gasteiger charge is 2.60. The summed E-state index contributed by atoms with van der Waals surface area (Å²) in [5.41, 5.74) is 0. The van der Waals surface area contributed by atoms with Gasteiger partial charge in [-0.05, 0) is 18.8 Å². The smallest absolute Gasteiger partial charge is 0.0978 e. The zero-order valence-electron chi connectivity index (χ0n) is 17.1. The van der Waals surface area contributed by atoms with Crippen LogP contribution in [0.15, 0.2) is 0 Å². The second kappa shape index (κ2) is 8.32. The van der Waals surface area contributed by atoms with Crippen LogP contribution < -0.4 is 0 Å². The number of fused-ring (bicyclic) bond motifs is 3. The van der Waals surface area contributed by atoms with E-state index in [9.17, 15) is 0 Å². The molecule has 0 spiro atoms. The first kappa shape index (κ1) is 20.5. The standard InChI is InChI=1S/C21H32O5S3/c1-10-13-16(25-8-6-23-13)20(27-10)18-12-4-3-5-22-15(12)19(29-18)21-17-14(11(2)28-21)24-7-9-26-17/h10-21H,3-9H2,1-2H3. The predicted octanol–water partition coefficient (Wildman–Crippen LogP) is 2.84. The van der Waals surface area contributed by atoms with Crippen LogP contribution >= 0.6 is 35.3 Å². The molecule has 0 bridgehead atoms. The van der Waals surface area contributed by atoms with E-state index in [0.717, 1.165) is 33.0 Å². The van der Waals surface area contributed by atoms with Crippen molar-refractivity contribution in [2.45, 2.75) is 88.7 Å². The molecule has 8 heteroatoms. The SMILES string of the molecule is CC1SC(C2SC(C3SC(C)C4OCCOC43)C3OCCCC32)C2OCCOC12. The summed E-state index contributed by atoms with van der Waals surface area (Å²) in [6.07, 6.45) is 3.74. The van der Waals surface area contributed by atoms with Gasteiger partial charge in [-0.3, -0.25) is 0 Å². The van der Waals surface area contributed by atoms with Crippen LogP contribution in [0, 0.1) is 5.92 Å². The number of thioether (sulfide) groups is 3. The topological polar surface area (TPSA) is 46.2 Å². The van der Waals surface area contributed by atoms with E-state index in [4.69, 9.17) is 23.7 Å². The van der Waals surface area contributed by atoms with Gasteiger partial charge in [0.15, 0.2) is 0 Å². The fraction of sp³-hybridized carbons (Fsp3) is 1.00. The summed E-state index contributed by atoms with van der Waals surface area (Å²) in [4.78, 5) is 0. The molecular weight excluding hydrogens is 428 g/mol. The molecule has 0 N–H and O–H groups in total. The van der Waals surface area contributed by atoms with Gasteiger partial charge >= 0.3 is 0 Å². The maximum absolute atomic E-state index is 6.48. The largest absolute Gasteiger partial charge is 0.377 e. The van der Waals surface area contributed by atoms with E-state index in [1.807, 2.05) is 0 Å². The highest BCUT2D eigenvalue weighted by atomic mass is 32.2. The number of hydrogen-bond donors (Lipinski definition) is 0. The Morgan fingerprint density at radius 1 is 0.517 bits per heavy atom. The van der Waals surface area contributed by atoms with Crippen molar-refractivity contribution in [3.8, 4) is 0 Å². The maximum atomic E-state index is 6.48. The van der Waals surface area contributed by atoms with Crippen molar-refractivity contribution >= 4 is 35.3 Å². The molecule has 6 heterocycles. The Balaban J connectivity index is 1.26. The molecule has 6 aliphatic heterocycles. The molecule has 0 saturated carbocycles. The van der Waals surface area contributed by atoms with E-state index in [0.29, 0.717) is 43.5 Å². The molecule has 0 aromatic carbocycles. The Kier molecular flexibility index (Phi) is 5.87. The van der Waals surface area contributed by atoms with Crippen molar-refractivity contribution in [2.24, 2.45) is 5.92 Å². The Morgan fingerprint density at radius 3 is 1.62 bits per heavy atom. The average molecular weight is 461 g/mol. The van der Waals surface area contributed by atoms with E-state index < -0.39 is 0 Å². The lowest BCUT2D eigenvalue weighted by Crippen LogP contribution is -2.48. The van der Waals surface area contributed by atoms with E-state index in [1.54, 1.807) is 0 Å². The van der Waals surface area contributed by atoms with E-state index >= 15 is 0 Å². The third-order valence-electron chi connectivity index (χ3n) is 7.49. The molecule has 5 nitrogen and oxygen atoms in total. The first-order valence-corrected chi connectivity index (χ1v) is 14.1. The fourth-order valence-corrected chi connectivity index (χ4v) is 12.2. The summed E-state index contributed by atoms with van der Waals surface area (Å²) in [5, 5.41) is 3.02. The Bertz CT molecular complexity index is 561. The van der Waals surface area contributed by atoms with Crippen LogP contribution in [0.1, 0.15) is 26.7 Å². The molecule has 0 aromatic heterocycles. The van der Waals surface area contributed by atoms with Gasteiger partial charge in [0.1, 0.15) is 0 Å². The van der Waals surface area contributed by atoms with Crippen LogP contribution in [0.25, 0.3) is 0 Å². The lowest BCUT2D eigenvalue weighted by molar-refractivity contribution is -0.136. The fourth-order valence-electron chi connectivity index (χ4n) is 6.28. The van der Waals surface area contributed by atoms with E-state index in [1.165, 1.54) is 12.8 Å². The van der Waals surface area contributed by atoms with Crippen molar-refractivity contribution in [1.29, 1.82) is 0 Å². The molecule has 0 aromatic rings. The molecule has 6 aliphatic rings. The lowest BCUT2D eigenvalue weighted by atomic mass is 9.85. The summed E-state index contributed by atoms with van der Waals surface area (Å²) in [6.45, 7) is 8.47. The van der Waals surface area contributed by atoms with Crippen molar-refractivity contribution < 1.29 is 23.7 Å². The van der Waals surface area contributed by atoms with Gasteiger partial charge in [-0.2, -0.15) is 0 Å². The molecule has 0 amide bonds. The van der Waals surface area contributed by atoms with Gasteiger partial charge in [-0.1, -0.05) is 13.8 Å². The van der Waals surface area contributed by atoms with Crippen molar-refractivity contribution in [2.75, 3.05) is 33.0 Å². The zero-order chi connectivity index (χ0) is 19.5. The monoisotopic (exact) mass is 460 g/mol. The Labute approximate surface area is 186 Å². The quantitative estimate of drug-likeness (QED) is 0.624. The second-order valence-electron chi connectivity index (χ2n) is 9.16. The molecular formula is C21H32O5S3. The number of rotatable bonds is 2. The van der Waals surface area contributed by atoms with Crippen LogP contribution in [-0.4, -0.2) is 95.1 Å². The minimum Gasteiger partial charge on any atom is -0.377 e. The first-order valence-electron chi connectivity index (χ1n) is 11.3. The summed E-state index contributed by atoms with van der Waals surface area (Å²) < 4.78 is 31.3. The van der Waals surface area contributed by atoms with E-state index in [2.05, 4.69) is 49.1 Å². The molecule has 12 atom stereocenters. The average Bonchev–Trinajstić information content (AvgIpc) is 3.41. The van der Waals surface area contributed by atoms with Crippen LogP contribution in [-0.2, 0) is 23.7 Å². The summed E-state index contributed by atoms with van der Waals surface area (Å²) in [7, 11) is 0. The molecule has 6 saturated heterocycles. The third kappa shape index (κ3) is 3.43. The number of hydrogen-bond acceptors (Lipinski definition) is 8. The maximum Gasteiger partial charge on any atom is 0.0978 e. The third-order valence-corrected chi connectivity index (χ3v) is 12.8. The van der Waals surface area contributed by atoms with Crippen LogP contribution in [0.4, 0.5) is 0 Å². The minimum atomic E-state index is 0.211. The highest BCUT2D eigenvalue weighted by molar-refractivity contribution is 8.06.